The van der Waals surface area contributed by atoms with Gasteiger partial charge in [-0.25, -0.2) is 0 Å². The van der Waals surface area contributed by atoms with Crippen molar-refractivity contribution in [3.05, 3.63) is 33.8 Å². The molecule has 134 valence electrons. The van der Waals surface area contributed by atoms with Gasteiger partial charge in [-0.3, -0.25) is 4.79 Å². The molecular weight excluding hydrogens is 367 g/mol. The molecule has 2 atom stereocenters. The number of carbonyl (C=O) groups excluding carboxylic acids is 1. The van der Waals surface area contributed by atoms with E-state index in [1.165, 1.54) is 12.8 Å². The van der Waals surface area contributed by atoms with Crippen molar-refractivity contribution in [1.82, 2.24) is 9.80 Å². The fourth-order valence-electron chi connectivity index (χ4n) is 3.74. The van der Waals surface area contributed by atoms with E-state index in [0.717, 1.165) is 25.7 Å². The number of likely N-dealkylation sites (N-methyl/N-ethyl adjacent to an activating group) is 1. The van der Waals surface area contributed by atoms with E-state index in [1.807, 2.05) is 0 Å². The van der Waals surface area contributed by atoms with Gasteiger partial charge in [0.1, 0.15) is 0 Å². The lowest BCUT2D eigenvalue weighted by molar-refractivity contribution is 0.0432. The smallest absolute Gasteiger partial charge is 0.254 e. The van der Waals surface area contributed by atoms with Crippen molar-refractivity contribution in [1.29, 1.82) is 0 Å². The van der Waals surface area contributed by atoms with E-state index in [0.29, 0.717) is 33.7 Å². The lowest BCUT2D eigenvalue weighted by Gasteiger charge is -2.43. The molecule has 0 spiro atoms. The van der Waals surface area contributed by atoms with Gasteiger partial charge in [0.05, 0.1) is 10.0 Å². The van der Waals surface area contributed by atoms with Gasteiger partial charge >= 0.3 is 0 Å². The summed E-state index contributed by atoms with van der Waals surface area (Å²) in [7, 11) is 4.25. The maximum Gasteiger partial charge on any atom is 0.254 e. The van der Waals surface area contributed by atoms with Crippen molar-refractivity contribution >= 4 is 41.5 Å². The molecule has 2 fully saturated rings. The van der Waals surface area contributed by atoms with E-state index in [-0.39, 0.29) is 18.3 Å². The van der Waals surface area contributed by atoms with Gasteiger partial charge in [0.2, 0.25) is 0 Å². The molecule has 0 aliphatic heterocycles. The van der Waals surface area contributed by atoms with Gasteiger partial charge < -0.3 is 9.80 Å². The first-order chi connectivity index (χ1) is 11.0. The molecule has 2 aliphatic rings. The summed E-state index contributed by atoms with van der Waals surface area (Å²) in [5.74, 6) is 0.102. The number of hydrogen-bond acceptors (Lipinski definition) is 2. The number of amides is 1. The number of carbonyl (C=O) groups is 1. The van der Waals surface area contributed by atoms with Crippen molar-refractivity contribution in [2.24, 2.45) is 0 Å². The highest BCUT2D eigenvalue weighted by molar-refractivity contribution is 6.42. The molecule has 3 rings (SSSR count). The summed E-state index contributed by atoms with van der Waals surface area (Å²) >= 11 is 12.1. The maximum absolute atomic E-state index is 13.2. The standard InChI is InChI=1S/C18H24Cl2N2O.ClH/c1-21(2)16-5-3-4-6-17(16)22(13-8-9-13)18(23)12-7-10-14(19)15(20)11-12;/h7,10-11,13,16-17H,3-6,8-9H2,1-2H3;1H/t16-,17-;/m0./s1. The third-order valence-electron chi connectivity index (χ3n) is 5.06. The molecule has 0 heterocycles. The van der Waals surface area contributed by atoms with Gasteiger partial charge in [-0.2, -0.15) is 0 Å². The topological polar surface area (TPSA) is 23.6 Å². The molecule has 2 aliphatic carbocycles. The second-order valence-corrected chi connectivity index (χ2v) is 7.77. The van der Waals surface area contributed by atoms with Gasteiger partial charge in [-0.05, 0) is 58.0 Å². The fourth-order valence-corrected chi connectivity index (χ4v) is 4.03. The molecule has 0 N–H and O–H groups in total. The summed E-state index contributed by atoms with van der Waals surface area (Å²) in [4.78, 5) is 17.6. The largest absolute Gasteiger partial charge is 0.331 e. The molecule has 1 aromatic carbocycles. The van der Waals surface area contributed by atoms with Crippen LogP contribution in [0, 0.1) is 0 Å². The minimum atomic E-state index is 0. The van der Waals surface area contributed by atoms with Crippen molar-refractivity contribution in [3.8, 4) is 0 Å². The van der Waals surface area contributed by atoms with E-state index in [2.05, 4.69) is 23.9 Å². The van der Waals surface area contributed by atoms with Crippen LogP contribution in [0.4, 0.5) is 0 Å². The second kappa shape index (κ2) is 8.27. The Labute approximate surface area is 160 Å². The van der Waals surface area contributed by atoms with Crippen LogP contribution in [0.5, 0.6) is 0 Å². The van der Waals surface area contributed by atoms with Gasteiger partial charge in [0, 0.05) is 23.7 Å². The molecule has 0 unspecified atom stereocenters. The molecule has 0 saturated heterocycles. The third kappa shape index (κ3) is 4.19. The highest BCUT2D eigenvalue weighted by atomic mass is 35.5. The molecule has 3 nitrogen and oxygen atoms in total. The van der Waals surface area contributed by atoms with Crippen molar-refractivity contribution < 1.29 is 4.79 Å². The van der Waals surface area contributed by atoms with Gasteiger partial charge in [0.25, 0.3) is 5.91 Å². The predicted octanol–water partition coefficient (Wildman–Crippen LogP) is 4.89. The van der Waals surface area contributed by atoms with Crippen molar-refractivity contribution in [2.45, 2.75) is 56.7 Å². The summed E-state index contributed by atoms with van der Waals surface area (Å²) in [5.41, 5.74) is 0.648. The normalized spacial score (nSPS) is 23.7. The predicted molar refractivity (Wildman–Crippen MR) is 103 cm³/mol. The van der Waals surface area contributed by atoms with E-state index in [9.17, 15) is 4.79 Å². The zero-order chi connectivity index (χ0) is 16.6. The number of rotatable bonds is 4. The molecule has 24 heavy (non-hydrogen) atoms. The highest BCUT2D eigenvalue weighted by Gasteiger charge is 2.42. The fraction of sp³-hybridized carbons (Fsp3) is 0.611. The summed E-state index contributed by atoms with van der Waals surface area (Å²) in [6.45, 7) is 0. The van der Waals surface area contributed by atoms with Gasteiger partial charge in [-0.1, -0.05) is 36.0 Å². The number of benzene rings is 1. The van der Waals surface area contributed by atoms with Crippen LogP contribution in [0.25, 0.3) is 0 Å². The Balaban J connectivity index is 0.00000208. The van der Waals surface area contributed by atoms with Gasteiger partial charge in [0.15, 0.2) is 0 Å². The Morgan fingerprint density at radius 1 is 1.00 bits per heavy atom. The maximum atomic E-state index is 13.2. The molecule has 2 saturated carbocycles. The van der Waals surface area contributed by atoms with Gasteiger partial charge in [-0.15, -0.1) is 12.4 Å². The lowest BCUT2D eigenvalue weighted by Crippen LogP contribution is -2.54. The molecule has 0 aromatic heterocycles. The Morgan fingerprint density at radius 2 is 1.62 bits per heavy atom. The van der Waals surface area contributed by atoms with Crippen LogP contribution >= 0.6 is 35.6 Å². The van der Waals surface area contributed by atoms with E-state index in [1.54, 1.807) is 18.2 Å². The minimum absolute atomic E-state index is 0. The summed E-state index contributed by atoms with van der Waals surface area (Å²) in [6, 6.07) is 6.34. The molecule has 6 heteroatoms. The van der Waals surface area contributed by atoms with E-state index >= 15 is 0 Å². The van der Waals surface area contributed by atoms with Crippen LogP contribution in [0.3, 0.4) is 0 Å². The van der Waals surface area contributed by atoms with Crippen molar-refractivity contribution in [3.63, 3.8) is 0 Å². The summed E-state index contributed by atoms with van der Waals surface area (Å²) in [6.07, 6.45) is 6.93. The summed E-state index contributed by atoms with van der Waals surface area (Å²) < 4.78 is 0. The zero-order valence-corrected chi connectivity index (χ0v) is 16.5. The monoisotopic (exact) mass is 390 g/mol. The van der Waals surface area contributed by atoms with E-state index < -0.39 is 0 Å². The lowest BCUT2D eigenvalue weighted by atomic mass is 9.88. The van der Waals surface area contributed by atoms with Crippen molar-refractivity contribution in [2.75, 3.05) is 14.1 Å². The Morgan fingerprint density at radius 3 is 2.17 bits per heavy atom. The van der Waals surface area contributed by atoms with Crippen LogP contribution in [0.15, 0.2) is 18.2 Å². The zero-order valence-electron chi connectivity index (χ0n) is 14.2. The third-order valence-corrected chi connectivity index (χ3v) is 5.79. The molecule has 0 bridgehead atoms. The SMILES string of the molecule is CN(C)[C@H]1CCCC[C@@H]1N(C(=O)c1ccc(Cl)c(Cl)c1)C1CC1.Cl. The Bertz CT molecular complexity index is 590. The van der Waals surface area contributed by atoms with Crippen LogP contribution in [-0.4, -0.2) is 47.9 Å². The Kier molecular flexibility index (Phi) is 6.83. The van der Waals surface area contributed by atoms with Crippen LogP contribution in [0.1, 0.15) is 48.9 Å². The molecule has 1 amide bonds. The average Bonchev–Trinajstić information content (AvgIpc) is 3.35. The first-order valence-electron chi connectivity index (χ1n) is 8.43. The van der Waals surface area contributed by atoms with E-state index in [4.69, 9.17) is 23.2 Å². The first kappa shape index (κ1) is 19.8. The quantitative estimate of drug-likeness (QED) is 0.729. The minimum Gasteiger partial charge on any atom is -0.331 e. The number of hydrogen-bond donors (Lipinski definition) is 0. The number of nitrogens with zero attached hydrogens (tertiary/aromatic N) is 2. The summed E-state index contributed by atoms with van der Waals surface area (Å²) in [5, 5.41) is 0.936. The first-order valence-corrected chi connectivity index (χ1v) is 9.19. The molecule has 1 aromatic rings. The second-order valence-electron chi connectivity index (χ2n) is 6.96. The van der Waals surface area contributed by atoms with Crippen LogP contribution < -0.4 is 0 Å². The van der Waals surface area contributed by atoms with Crippen LogP contribution in [-0.2, 0) is 0 Å². The highest BCUT2D eigenvalue weighted by Crippen LogP contribution is 2.36. The molecule has 0 radical (unpaired) electrons. The number of halogens is 3. The van der Waals surface area contributed by atoms with Crippen LogP contribution in [0.2, 0.25) is 10.0 Å². The average molecular weight is 392 g/mol. The molecular formula is C18H25Cl3N2O. The Hall–Kier alpha value is -0.480.